The summed E-state index contributed by atoms with van der Waals surface area (Å²) in [5.74, 6) is -1.01. The van der Waals surface area contributed by atoms with E-state index < -0.39 is 5.92 Å². The molecule has 1 amide bonds. The van der Waals surface area contributed by atoms with E-state index in [-0.39, 0.29) is 17.5 Å². The number of carbonyl (C=O) groups is 3. The topological polar surface area (TPSA) is 76.1 Å². The van der Waals surface area contributed by atoms with Crippen molar-refractivity contribution in [3.63, 3.8) is 0 Å². The third-order valence-corrected chi connectivity index (χ3v) is 3.71. The highest BCUT2D eigenvalue weighted by Gasteiger charge is 2.33. The van der Waals surface area contributed by atoms with Crippen LogP contribution >= 0.6 is 11.3 Å². The number of hydrogen-bond acceptors (Lipinski definition) is 5. The summed E-state index contributed by atoms with van der Waals surface area (Å²) in [7, 11) is 0. The number of nitrogens with one attached hydrogen (secondary N) is 1. The molecule has 90 valence electrons. The molecule has 1 aromatic heterocycles. The number of ketones is 2. The highest BCUT2D eigenvalue weighted by molar-refractivity contribution is 7.17. The lowest BCUT2D eigenvalue weighted by Gasteiger charge is -2.16. The standard InChI is InChI=1S/C11H12N2O3S/c1-5(14)7-3-4-8-10(9(7)16)17-11(13-8)12-6(2)15/h7H,3-4H2,1-2H3,(H,12,13,15). The number of fused-ring (bicyclic) bond motifs is 1. The highest BCUT2D eigenvalue weighted by Crippen LogP contribution is 2.32. The summed E-state index contributed by atoms with van der Waals surface area (Å²) in [6, 6.07) is 0. The van der Waals surface area contributed by atoms with E-state index in [1.807, 2.05) is 0 Å². The van der Waals surface area contributed by atoms with Crippen molar-refractivity contribution in [2.75, 3.05) is 5.32 Å². The Morgan fingerprint density at radius 3 is 2.71 bits per heavy atom. The number of anilines is 1. The summed E-state index contributed by atoms with van der Waals surface area (Å²) in [6.45, 7) is 2.82. The minimum atomic E-state index is -0.534. The first-order valence-electron chi connectivity index (χ1n) is 5.31. The van der Waals surface area contributed by atoms with Crippen LogP contribution in [0, 0.1) is 5.92 Å². The Morgan fingerprint density at radius 2 is 2.12 bits per heavy atom. The molecule has 0 fully saturated rings. The summed E-state index contributed by atoms with van der Waals surface area (Å²) in [4.78, 5) is 38.9. The summed E-state index contributed by atoms with van der Waals surface area (Å²) in [5.41, 5.74) is 0.696. The first-order chi connectivity index (χ1) is 7.99. The lowest BCUT2D eigenvalue weighted by Crippen LogP contribution is -2.26. The van der Waals surface area contributed by atoms with Gasteiger partial charge in [0.1, 0.15) is 5.78 Å². The minimum Gasteiger partial charge on any atom is -0.302 e. The summed E-state index contributed by atoms with van der Waals surface area (Å²) in [5, 5.41) is 2.99. The summed E-state index contributed by atoms with van der Waals surface area (Å²) >= 11 is 1.15. The van der Waals surface area contributed by atoms with Crippen molar-refractivity contribution in [3.8, 4) is 0 Å². The SMILES string of the molecule is CC(=O)Nc1nc2c(s1)C(=O)C(C(C)=O)CC2. The Morgan fingerprint density at radius 1 is 1.41 bits per heavy atom. The molecule has 0 saturated heterocycles. The Labute approximate surface area is 102 Å². The molecule has 5 nitrogen and oxygen atoms in total. The smallest absolute Gasteiger partial charge is 0.223 e. The van der Waals surface area contributed by atoms with Crippen molar-refractivity contribution in [1.82, 2.24) is 4.98 Å². The molecule has 1 aromatic rings. The zero-order valence-corrected chi connectivity index (χ0v) is 10.4. The van der Waals surface area contributed by atoms with Crippen molar-refractivity contribution < 1.29 is 14.4 Å². The van der Waals surface area contributed by atoms with Crippen LogP contribution in [0.5, 0.6) is 0 Å². The number of nitrogens with zero attached hydrogens (tertiary/aromatic N) is 1. The molecule has 0 radical (unpaired) electrons. The first-order valence-corrected chi connectivity index (χ1v) is 6.12. The van der Waals surface area contributed by atoms with Crippen molar-refractivity contribution in [2.45, 2.75) is 26.7 Å². The second-order valence-electron chi connectivity index (χ2n) is 4.04. The van der Waals surface area contributed by atoms with Gasteiger partial charge in [-0.15, -0.1) is 0 Å². The Kier molecular flexibility index (Phi) is 3.06. The van der Waals surface area contributed by atoms with E-state index in [9.17, 15) is 14.4 Å². The van der Waals surface area contributed by atoms with Crippen LogP contribution in [0.3, 0.4) is 0 Å². The quantitative estimate of drug-likeness (QED) is 0.808. The lowest BCUT2D eigenvalue weighted by atomic mass is 9.87. The molecule has 0 aromatic carbocycles. The molecular formula is C11H12N2O3S. The van der Waals surface area contributed by atoms with Crippen molar-refractivity contribution in [3.05, 3.63) is 10.6 Å². The van der Waals surface area contributed by atoms with Crippen LogP contribution in [0.2, 0.25) is 0 Å². The molecular weight excluding hydrogens is 240 g/mol. The average molecular weight is 252 g/mol. The van der Waals surface area contributed by atoms with Gasteiger partial charge in [-0.05, 0) is 19.8 Å². The minimum absolute atomic E-state index is 0.102. The van der Waals surface area contributed by atoms with Gasteiger partial charge < -0.3 is 5.32 Å². The number of amides is 1. The maximum Gasteiger partial charge on any atom is 0.223 e. The monoisotopic (exact) mass is 252 g/mol. The van der Waals surface area contributed by atoms with Gasteiger partial charge in [0.2, 0.25) is 5.91 Å². The molecule has 1 aliphatic rings. The molecule has 1 N–H and O–H groups in total. The van der Waals surface area contributed by atoms with Gasteiger partial charge in [0, 0.05) is 6.92 Å². The van der Waals surface area contributed by atoms with E-state index in [0.717, 1.165) is 11.3 Å². The van der Waals surface area contributed by atoms with Crippen LogP contribution in [0.4, 0.5) is 5.13 Å². The number of rotatable bonds is 2. The van der Waals surface area contributed by atoms with E-state index in [1.54, 1.807) is 0 Å². The Bertz CT molecular complexity index is 507. The molecule has 1 atom stereocenters. The molecule has 0 bridgehead atoms. The van der Waals surface area contributed by atoms with Crippen LogP contribution in [0.15, 0.2) is 0 Å². The molecule has 2 rings (SSSR count). The number of carbonyl (C=O) groups excluding carboxylic acids is 3. The lowest BCUT2D eigenvalue weighted by molar-refractivity contribution is -0.119. The molecule has 6 heteroatoms. The third-order valence-electron chi connectivity index (χ3n) is 2.68. The number of aryl methyl sites for hydroxylation is 1. The first kappa shape index (κ1) is 11.9. The normalized spacial score (nSPS) is 18.7. The summed E-state index contributed by atoms with van der Waals surface area (Å²) in [6.07, 6.45) is 1.13. The predicted molar refractivity (Wildman–Crippen MR) is 63.2 cm³/mol. The van der Waals surface area contributed by atoms with E-state index in [4.69, 9.17) is 0 Å². The molecule has 17 heavy (non-hydrogen) atoms. The molecule has 0 aliphatic heterocycles. The zero-order valence-electron chi connectivity index (χ0n) is 9.57. The van der Waals surface area contributed by atoms with Crippen molar-refractivity contribution in [2.24, 2.45) is 5.92 Å². The largest absolute Gasteiger partial charge is 0.302 e. The highest BCUT2D eigenvalue weighted by atomic mass is 32.1. The van der Waals surface area contributed by atoms with Crippen LogP contribution in [0.1, 0.15) is 35.6 Å². The molecule has 1 heterocycles. The molecule has 1 aliphatic carbocycles. The Hall–Kier alpha value is -1.56. The Balaban J connectivity index is 2.30. The van der Waals surface area contributed by atoms with Gasteiger partial charge in [0.25, 0.3) is 0 Å². The number of hydrogen-bond donors (Lipinski definition) is 1. The van der Waals surface area contributed by atoms with Crippen molar-refractivity contribution in [1.29, 1.82) is 0 Å². The fourth-order valence-corrected chi connectivity index (χ4v) is 2.93. The summed E-state index contributed by atoms with van der Waals surface area (Å²) < 4.78 is 0. The average Bonchev–Trinajstić information content (AvgIpc) is 2.60. The van der Waals surface area contributed by atoms with Gasteiger partial charge in [-0.3, -0.25) is 14.4 Å². The maximum absolute atomic E-state index is 12.0. The second kappa shape index (κ2) is 4.37. The molecule has 0 saturated carbocycles. The van der Waals surface area contributed by atoms with E-state index in [2.05, 4.69) is 10.3 Å². The van der Waals surface area contributed by atoms with Gasteiger partial charge in [-0.1, -0.05) is 11.3 Å². The van der Waals surface area contributed by atoms with E-state index in [0.29, 0.717) is 28.5 Å². The second-order valence-corrected chi connectivity index (χ2v) is 5.04. The van der Waals surface area contributed by atoms with Gasteiger partial charge in [0.05, 0.1) is 16.5 Å². The molecule has 1 unspecified atom stereocenters. The van der Waals surface area contributed by atoms with Gasteiger partial charge in [-0.2, -0.15) is 0 Å². The van der Waals surface area contributed by atoms with Crippen LogP contribution in [0.25, 0.3) is 0 Å². The van der Waals surface area contributed by atoms with Crippen LogP contribution < -0.4 is 5.32 Å². The number of Topliss-reactive ketones (excluding diaryl/α,β-unsaturated/α-hetero) is 2. The van der Waals surface area contributed by atoms with Gasteiger partial charge in [-0.25, -0.2) is 4.98 Å². The molecule has 0 spiro atoms. The van der Waals surface area contributed by atoms with Crippen LogP contribution in [-0.2, 0) is 16.0 Å². The zero-order chi connectivity index (χ0) is 12.6. The maximum atomic E-state index is 12.0. The van der Waals surface area contributed by atoms with E-state index >= 15 is 0 Å². The fourth-order valence-electron chi connectivity index (χ4n) is 1.88. The number of thiazole rings is 1. The van der Waals surface area contributed by atoms with Crippen LogP contribution in [-0.4, -0.2) is 22.5 Å². The number of aromatic nitrogens is 1. The fraction of sp³-hybridized carbons (Fsp3) is 0.455. The third kappa shape index (κ3) is 2.26. The van der Waals surface area contributed by atoms with E-state index in [1.165, 1.54) is 13.8 Å². The van der Waals surface area contributed by atoms with Gasteiger partial charge >= 0.3 is 0 Å². The van der Waals surface area contributed by atoms with Gasteiger partial charge in [0.15, 0.2) is 10.9 Å². The predicted octanol–water partition coefficient (Wildman–Crippen LogP) is 1.44. The van der Waals surface area contributed by atoms with Crippen molar-refractivity contribution >= 4 is 33.9 Å².